The summed E-state index contributed by atoms with van der Waals surface area (Å²) in [5, 5.41) is 2.03. The normalized spacial score (nSPS) is 10.8. The van der Waals surface area contributed by atoms with E-state index in [2.05, 4.69) is 0 Å². The van der Waals surface area contributed by atoms with E-state index < -0.39 is 0 Å². The summed E-state index contributed by atoms with van der Waals surface area (Å²) in [6.45, 7) is 0. The minimum absolute atomic E-state index is 0.0265. The van der Waals surface area contributed by atoms with Crippen LogP contribution in [0.15, 0.2) is 90.2 Å². The Hall–Kier alpha value is -2.53. The number of ketones is 1. The highest BCUT2D eigenvalue weighted by Gasteiger charge is 2.14. The van der Waals surface area contributed by atoms with E-state index in [1.54, 1.807) is 24.3 Å². The molecule has 0 unspecified atom stereocenters. The van der Waals surface area contributed by atoms with Gasteiger partial charge in [0, 0.05) is 33.1 Å². The van der Waals surface area contributed by atoms with Crippen molar-refractivity contribution in [3.05, 3.63) is 101 Å². The van der Waals surface area contributed by atoms with Gasteiger partial charge in [-0.05, 0) is 48.5 Å². The molecule has 0 spiro atoms. The van der Waals surface area contributed by atoms with Crippen molar-refractivity contribution in [3.63, 3.8) is 0 Å². The number of thioether (sulfide) groups is 1. The molecule has 0 amide bonds. The van der Waals surface area contributed by atoms with Crippen LogP contribution in [0, 0.1) is 0 Å². The van der Waals surface area contributed by atoms with Crippen molar-refractivity contribution in [1.29, 1.82) is 0 Å². The highest BCUT2D eigenvalue weighted by Crippen LogP contribution is 2.28. The molecular formula is C23H16Cl2N2OS. The first-order chi connectivity index (χ1) is 14.1. The molecule has 0 bridgehead atoms. The average molecular weight is 439 g/mol. The lowest BCUT2D eigenvalue weighted by Crippen LogP contribution is -2.04. The van der Waals surface area contributed by atoms with Crippen LogP contribution in [0.25, 0.3) is 16.9 Å². The maximum absolute atomic E-state index is 12.6. The van der Waals surface area contributed by atoms with Crippen molar-refractivity contribution in [2.45, 2.75) is 5.16 Å². The summed E-state index contributed by atoms with van der Waals surface area (Å²) < 4.78 is 1.98. The van der Waals surface area contributed by atoms with E-state index in [4.69, 9.17) is 28.2 Å². The largest absolute Gasteiger partial charge is 0.294 e. The van der Waals surface area contributed by atoms with Gasteiger partial charge in [-0.25, -0.2) is 4.98 Å². The Labute approximate surface area is 183 Å². The lowest BCUT2D eigenvalue weighted by molar-refractivity contribution is 0.102. The van der Waals surface area contributed by atoms with E-state index >= 15 is 0 Å². The summed E-state index contributed by atoms with van der Waals surface area (Å²) in [5.41, 5.74) is 3.44. The van der Waals surface area contributed by atoms with Gasteiger partial charge in [0.25, 0.3) is 0 Å². The molecule has 3 aromatic carbocycles. The van der Waals surface area contributed by atoms with Gasteiger partial charge in [-0.2, -0.15) is 0 Å². The average Bonchev–Trinajstić information content (AvgIpc) is 3.18. The number of aromatic nitrogens is 2. The zero-order valence-corrected chi connectivity index (χ0v) is 17.6. The number of hydrogen-bond donors (Lipinski definition) is 0. The van der Waals surface area contributed by atoms with Gasteiger partial charge in [0.05, 0.1) is 11.4 Å². The number of imidazole rings is 1. The molecule has 0 aliphatic rings. The summed E-state index contributed by atoms with van der Waals surface area (Å²) in [5.74, 6) is 0.305. The molecule has 6 heteroatoms. The quantitative estimate of drug-likeness (QED) is 0.244. The lowest BCUT2D eigenvalue weighted by atomic mass is 10.1. The van der Waals surface area contributed by atoms with Gasteiger partial charge in [0.2, 0.25) is 0 Å². The molecule has 0 N–H and O–H groups in total. The molecule has 0 saturated carbocycles. The van der Waals surface area contributed by atoms with E-state index in [0.717, 1.165) is 22.1 Å². The summed E-state index contributed by atoms with van der Waals surface area (Å²) in [6.07, 6.45) is 1.98. The highest BCUT2D eigenvalue weighted by molar-refractivity contribution is 7.99. The maximum Gasteiger partial charge on any atom is 0.173 e. The van der Waals surface area contributed by atoms with Gasteiger partial charge in [-0.1, -0.05) is 65.3 Å². The van der Waals surface area contributed by atoms with Crippen LogP contribution < -0.4 is 0 Å². The fourth-order valence-corrected chi connectivity index (χ4v) is 3.99. The van der Waals surface area contributed by atoms with Crippen molar-refractivity contribution in [2.24, 2.45) is 0 Å². The van der Waals surface area contributed by atoms with Crippen LogP contribution in [0.5, 0.6) is 0 Å². The van der Waals surface area contributed by atoms with Gasteiger partial charge < -0.3 is 0 Å². The Morgan fingerprint density at radius 3 is 2.14 bits per heavy atom. The van der Waals surface area contributed by atoms with E-state index in [1.807, 2.05) is 65.4 Å². The fraction of sp³-hybridized carbons (Fsp3) is 0.0435. The van der Waals surface area contributed by atoms with Crippen molar-refractivity contribution < 1.29 is 4.79 Å². The van der Waals surface area contributed by atoms with Gasteiger partial charge in [-0.3, -0.25) is 9.36 Å². The second kappa shape index (κ2) is 8.87. The summed E-state index contributed by atoms with van der Waals surface area (Å²) in [7, 11) is 0. The van der Waals surface area contributed by atoms with Crippen molar-refractivity contribution >= 4 is 40.7 Å². The maximum atomic E-state index is 12.6. The van der Waals surface area contributed by atoms with Crippen LogP contribution in [-0.2, 0) is 0 Å². The first-order valence-corrected chi connectivity index (χ1v) is 10.7. The predicted octanol–water partition coefficient (Wildman–Crippen LogP) is 6.82. The molecule has 0 aliphatic carbocycles. The SMILES string of the molecule is O=C(CSc1nc(-c2ccccc2)cn1-c1ccc(Cl)cc1)c1ccc(Cl)cc1. The van der Waals surface area contributed by atoms with Crippen LogP contribution in [-0.4, -0.2) is 21.1 Å². The molecule has 4 rings (SSSR count). The summed E-state index contributed by atoms with van der Waals surface area (Å²) in [6, 6.07) is 24.4. The third-order valence-electron chi connectivity index (χ3n) is 4.35. The van der Waals surface area contributed by atoms with E-state index in [1.165, 1.54) is 11.8 Å². The smallest absolute Gasteiger partial charge is 0.173 e. The first kappa shape index (κ1) is 19.8. The molecule has 3 nitrogen and oxygen atoms in total. The van der Waals surface area contributed by atoms with Crippen LogP contribution >= 0.6 is 35.0 Å². The number of rotatable bonds is 6. The second-order valence-electron chi connectivity index (χ2n) is 6.34. The van der Waals surface area contributed by atoms with Crippen LogP contribution in [0.3, 0.4) is 0 Å². The van der Waals surface area contributed by atoms with E-state index in [0.29, 0.717) is 15.6 Å². The number of halogens is 2. The number of carbonyl (C=O) groups excluding carboxylic acids is 1. The standard InChI is InChI=1S/C23H16Cl2N2OS/c24-18-8-6-17(7-9-18)22(28)15-29-23-26-21(16-4-2-1-3-5-16)14-27(23)20-12-10-19(25)11-13-20/h1-14H,15H2. The molecule has 29 heavy (non-hydrogen) atoms. The molecule has 1 aromatic heterocycles. The second-order valence-corrected chi connectivity index (χ2v) is 8.16. The molecule has 0 fully saturated rings. The molecule has 1 heterocycles. The first-order valence-electron chi connectivity index (χ1n) is 8.92. The van der Waals surface area contributed by atoms with Crippen LogP contribution in [0.1, 0.15) is 10.4 Å². The van der Waals surface area contributed by atoms with Crippen LogP contribution in [0.2, 0.25) is 10.0 Å². The minimum Gasteiger partial charge on any atom is -0.294 e. The third kappa shape index (κ3) is 4.73. The lowest BCUT2D eigenvalue weighted by Gasteiger charge is -2.07. The number of Topliss-reactive ketones (excluding diaryl/α,β-unsaturated/α-hetero) is 1. The topological polar surface area (TPSA) is 34.9 Å². The third-order valence-corrected chi connectivity index (χ3v) is 5.80. The van der Waals surface area contributed by atoms with Gasteiger partial charge >= 0.3 is 0 Å². The number of hydrogen-bond acceptors (Lipinski definition) is 3. The number of nitrogens with zero attached hydrogens (tertiary/aromatic N) is 2. The summed E-state index contributed by atoms with van der Waals surface area (Å²) >= 11 is 13.4. The van der Waals surface area contributed by atoms with Crippen molar-refractivity contribution in [3.8, 4) is 16.9 Å². The van der Waals surface area contributed by atoms with Gasteiger partial charge in [0.1, 0.15) is 0 Å². The van der Waals surface area contributed by atoms with Crippen LogP contribution in [0.4, 0.5) is 0 Å². The Kier molecular flexibility index (Phi) is 6.05. The zero-order valence-electron chi connectivity index (χ0n) is 15.3. The Morgan fingerprint density at radius 1 is 0.862 bits per heavy atom. The number of benzene rings is 3. The molecule has 0 radical (unpaired) electrons. The predicted molar refractivity (Wildman–Crippen MR) is 121 cm³/mol. The van der Waals surface area contributed by atoms with Gasteiger partial charge in [0.15, 0.2) is 10.9 Å². The van der Waals surface area contributed by atoms with E-state index in [-0.39, 0.29) is 11.5 Å². The molecule has 0 saturated heterocycles. The monoisotopic (exact) mass is 438 g/mol. The molecular weight excluding hydrogens is 423 g/mol. The Balaban J connectivity index is 1.63. The summed E-state index contributed by atoms with van der Waals surface area (Å²) in [4.78, 5) is 17.4. The Bertz CT molecular complexity index is 1120. The zero-order chi connectivity index (χ0) is 20.2. The van der Waals surface area contributed by atoms with Crippen molar-refractivity contribution in [1.82, 2.24) is 9.55 Å². The van der Waals surface area contributed by atoms with Crippen molar-refractivity contribution in [2.75, 3.05) is 5.75 Å². The Morgan fingerprint density at radius 2 is 1.48 bits per heavy atom. The molecule has 144 valence electrons. The molecule has 0 atom stereocenters. The molecule has 0 aliphatic heterocycles. The van der Waals surface area contributed by atoms with Gasteiger partial charge in [-0.15, -0.1) is 0 Å². The number of carbonyl (C=O) groups is 1. The highest BCUT2D eigenvalue weighted by atomic mass is 35.5. The fourth-order valence-electron chi connectivity index (χ4n) is 2.85. The minimum atomic E-state index is 0.0265. The molecule has 4 aromatic rings. The van der Waals surface area contributed by atoms with E-state index in [9.17, 15) is 4.79 Å².